The topological polar surface area (TPSA) is 54.3 Å². The Balaban J connectivity index is 3.35. The van der Waals surface area contributed by atoms with Gasteiger partial charge in [-0.3, -0.25) is 0 Å². The first-order valence-corrected chi connectivity index (χ1v) is 5.44. The zero-order valence-corrected chi connectivity index (χ0v) is 10.0. The molecule has 4 nitrogen and oxygen atoms in total. The predicted octanol–water partition coefficient (Wildman–Crippen LogP) is 1.32. The van der Waals surface area contributed by atoms with E-state index in [1.807, 2.05) is 6.92 Å². The van der Waals surface area contributed by atoms with Crippen LogP contribution in [0.2, 0.25) is 0 Å². The molecule has 0 bridgehead atoms. The van der Waals surface area contributed by atoms with E-state index in [0.29, 0.717) is 26.2 Å². The van der Waals surface area contributed by atoms with Crippen LogP contribution in [0.5, 0.6) is 0 Å². The quantitative estimate of drug-likeness (QED) is 0.588. The summed E-state index contributed by atoms with van der Waals surface area (Å²) in [5.41, 5.74) is -0.482. The van der Waals surface area contributed by atoms with Gasteiger partial charge in [-0.25, -0.2) is 0 Å². The van der Waals surface area contributed by atoms with Gasteiger partial charge in [0, 0.05) is 19.6 Å². The van der Waals surface area contributed by atoms with Crippen LogP contribution < -0.4 is 5.32 Å². The highest BCUT2D eigenvalue weighted by Crippen LogP contribution is 2.06. The molecule has 0 aliphatic rings. The summed E-state index contributed by atoms with van der Waals surface area (Å²) in [7, 11) is 1.79. The largest absolute Gasteiger partial charge is 0.379 e. The Bertz CT molecular complexity index is 192. The molecular formula is C11H22N2O2. The van der Waals surface area contributed by atoms with Crippen molar-refractivity contribution in [1.82, 2.24) is 5.32 Å². The Hall–Kier alpha value is -0.630. The normalized spacial score (nSPS) is 14.5. The molecule has 15 heavy (non-hydrogen) atoms. The summed E-state index contributed by atoms with van der Waals surface area (Å²) in [6, 6.07) is 2.22. The second-order valence-corrected chi connectivity index (χ2v) is 3.67. The lowest BCUT2D eigenvalue weighted by Crippen LogP contribution is -2.39. The van der Waals surface area contributed by atoms with Crippen molar-refractivity contribution in [1.29, 1.82) is 5.26 Å². The molecular weight excluding hydrogens is 192 g/mol. The number of nitrogens with one attached hydrogen (secondary N) is 1. The van der Waals surface area contributed by atoms with Crippen LogP contribution in [0.15, 0.2) is 0 Å². The molecule has 0 aromatic rings. The Morgan fingerprint density at radius 1 is 1.20 bits per heavy atom. The van der Waals surface area contributed by atoms with Gasteiger partial charge in [0.05, 0.1) is 19.3 Å². The highest BCUT2D eigenvalue weighted by molar-refractivity contribution is 5.02. The average Bonchev–Trinajstić information content (AvgIpc) is 2.27. The smallest absolute Gasteiger partial charge is 0.105 e. The molecule has 0 aromatic carbocycles. The lowest BCUT2D eigenvalue weighted by Gasteiger charge is -2.20. The molecule has 0 saturated heterocycles. The van der Waals surface area contributed by atoms with Crippen LogP contribution in [0.4, 0.5) is 0 Å². The molecule has 0 saturated carbocycles. The highest BCUT2D eigenvalue weighted by atomic mass is 16.5. The van der Waals surface area contributed by atoms with Crippen molar-refractivity contribution in [3.05, 3.63) is 0 Å². The van der Waals surface area contributed by atoms with E-state index in [1.165, 1.54) is 0 Å². The van der Waals surface area contributed by atoms with Crippen LogP contribution in [0.1, 0.15) is 26.7 Å². The number of rotatable bonds is 9. The van der Waals surface area contributed by atoms with Crippen LogP contribution in [-0.2, 0) is 9.47 Å². The van der Waals surface area contributed by atoms with E-state index in [9.17, 15) is 0 Å². The van der Waals surface area contributed by atoms with Gasteiger partial charge >= 0.3 is 0 Å². The van der Waals surface area contributed by atoms with Gasteiger partial charge in [-0.15, -0.1) is 0 Å². The van der Waals surface area contributed by atoms with Gasteiger partial charge in [-0.1, -0.05) is 6.92 Å². The van der Waals surface area contributed by atoms with Gasteiger partial charge in [0.25, 0.3) is 0 Å². The Labute approximate surface area is 92.6 Å². The number of nitrogens with zero attached hydrogens (tertiary/aromatic N) is 1. The van der Waals surface area contributed by atoms with E-state index >= 15 is 0 Å². The van der Waals surface area contributed by atoms with Crippen molar-refractivity contribution >= 4 is 0 Å². The van der Waals surface area contributed by atoms with E-state index in [0.717, 1.165) is 13.0 Å². The predicted molar refractivity (Wildman–Crippen MR) is 59.6 cm³/mol. The van der Waals surface area contributed by atoms with Gasteiger partial charge in [0.15, 0.2) is 0 Å². The maximum absolute atomic E-state index is 8.87. The molecule has 0 spiro atoms. The highest BCUT2D eigenvalue weighted by Gasteiger charge is 2.20. The first kappa shape index (κ1) is 14.4. The van der Waals surface area contributed by atoms with Gasteiger partial charge in [0.1, 0.15) is 5.54 Å². The fraction of sp³-hybridized carbons (Fsp3) is 0.909. The summed E-state index contributed by atoms with van der Waals surface area (Å²) in [5, 5.41) is 11.8. The maximum Gasteiger partial charge on any atom is 0.105 e. The zero-order valence-electron chi connectivity index (χ0n) is 10.0. The second kappa shape index (κ2) is 8.66. The van der Waals surface area contributed by atoms with E-state index in [1.54, 1.807) is 7.05 Å². The molecule has 88 valence electrons. The third-order valence-corrected chi connectivity index (χ3v) is 2.27. The van der Waals surface area contributed by atoms with Crippen molar-refractivity contribution in [2.75, 3.05) is 33.5 Å². The van der Waals surface area contributed by atoms with E-state index in [2.05, 4.69) is 18.3 Å². The number of ether oxygens (including phenoxy) is 2. The Morgan fingerprint density at radius 2 is 1.80 bits per heavy atom. The maximum atomic E-state index is 8.87. The molecule has 0 rings (SSSR count). The molecule has 0 heterocycles. The molecule has 1 N–H and O–H groups in total. The monoisotopic (exact) mass is 214 g/mol. The minimum absolute atomic E-state index is 0.482. The minimum atomic E-state index is -0.482. The van der Waals surface area contributed by atoms with Crippen LogP contribution in [0, 0.1) is 11.3 Å². The third-order valence-electron chi connectivity index (χ3n) is 2.27. The van der Waals surface area contributed by atoms with Crippen molar-refractivity contribution in [3.8, 4) is 6.07 Å². The molecule has 0 aliphatic heterocycles. The van der Waals surface area contributed by atoms with Gasteiger partial charge in [0.2, 0.25) is 0 Å². The summed E-state index contributed by atoms with van der Waals surface area (Å²) < 4.78 is 10.6. The van der Waals surface area contributed by atoms with Crippen molar-refractivity contribution in [2.45, 2.75) is 32.2 Å². The number of nitriles is 1. The number of hydrogen-bond donors (Lipinski definition) is 1. The Kier molecular flexibility index (Phi) is 8.30. The average molecular weight is 214 g/mol. The molecule has 4 heteroatoms. The fourth-order valence-electron chi connectivity index (χ4n) is 0.979. The standard InChI is InChI=1S/C11H22N2O2/c1-4-6-14-8-9-15-7-5-11(2,10-12)13-3/h13H,4-9H2,1-3H3. The summed E-state index contributed by atoms with van der Waals surface area (Å²) in [6.45, 7) is 6.55. The van der Waals surface area contributed by atoms with Gasteiger partial charge < -0.3 is 14.8 Å². The summed E-state index contributed by atoms with van der Waals surface area (Å²) >= 11 is 0. The van der Waals surface area contributed by atoms with Crippen molar-refractivity contribution < 1.29 is 9.47 Å². The summed E-state index contributed by atoms with van der Waals surface area (Å²) in [6.07, 6.45) is 1.72. The summed E-state index contributed by atoms with van der Waals surface area (Å²) in [4.78, 5) is 0. The lowest BCUT2D eigenvalue weighted by atomic mass is 10.0. The third kappa shape index (κ3) is 7.32. The van der Waals surface area contributed by atoms with E-state index in [4.69, 9.17) is 14.7 Å². The van der Waals surface area contributed by atoms with E-state index in [-0.39, 0.29) is 0 Å². The molecule has 0 aromatic heterocycles. The first-order chi connectivity index (χ1) is 7.18. The Morgan fingerprint density at radius 3 is 2.27 bits per heavy atom. The van der Waals surface area contributed by atoms with Gasteiger partial charge in [-0.2, -0.15) is 5.26 Å². The second-order valence-electron chi connectivity index (χ2n) is 3.67. The van der Waals surface area contributed by atoms with Crippen LogP contribution in [0.25, 0.3) is 0 Å². The van der Waals surface area contributed by atoms with Crippen LogP contribution in [0.3, 0.4) is 0 Å². The SMILES string of the molecule is CCCOCCOCCC(C)(C#N)NC. The van der Waals surface area contributed by atoms with Crippen LogP contribution >= 0.6 is 0 Å². The first-order valence-electron chi connectivity index (χ1n) is 5.44. The molecule has 0 amide bonds. The van der Waals surface area contributed by atoms with Crippen molar-refractivity contribution in [3.63, 3.8) is 0 Å². The lowest BCUT2D eigenvalue weighted by molar-refractivity contribution is 0.0430. The van der Waals surface area contributed by atoms with E-state index < -0.39 is 5.54 Å². The minimum Gasteiger partial charge on any atom is -0.379 e. The zero-order chi connectivity index (χ0) is 11.6. The molecule has 1 unspecified atom stereocenters. The van der Waals surface area contributed by atoms with Gasteiger partial charge in [-0.05, 0) is 20.4 Å². The fourth-order valence-corrected chi connectivity index (χ4v) is 0.979. The van der Waals surface area contributed by atoms with Crippen molar-refractivity contribution in [2.24, 2.45) is 0 Å². The molecule has 1 atom stereocenters. The summed E-state index contributed by atoms with van der Waals surface area (Å²) in [5.74, 6) is 0. The van der Waals surface area contributed by atoms with Crippen LogP contribution in [-0.4, -0.2) is 39.0 Å². The number of hydrogen-bond acceptors (Lipinski definition) is 4. The molecule has 0 fully saturated rings. The molecule has 0 radical (unpaired) electrons. The molecule has 0 aliphatic carbocycles.